The van der Waals surface area contributed by atoms with Gasteiger partial charge in [0.15, 0.2) is 0 Å². The summed E-state index contributed by atoms with van der Waals surface area (Å²) < 4.78 is 28.1. The fourth-order valence-electron chi connectivity index (χ4n) is 3.44. The van der Waals surface area contributed by atoms with Crippen molar-refractivity contribution in [2.75, 3.05) is 13.1 Å². The summed E-state index contributed by atoms with van der Waals surface area (Å²) in [7, 11) is -3.75. The summed E-state index contributed by atoms with van der Waals surface area (Å²) >= 11 is 0. The molecule has 0 heterocycles. The number of benzene rings is 3. The van der Waals surface area contributed by atoms with Gasteiger partial charge in [-0.25, -0.2) is 8.42 Å². The number of carbonyl (C=O) groups excluding carboxylic acids is 1. The fourth-order valence-corrected chi connectivity index (χ4v) is 5.08. The van der Waals surface area contributed by atoms with E-state index in [9.17, 15) is 13.2 Å². The smallest absolute Gasteiger partial charge is 0.243 e. The third kappa shape index (κ3) is 6.26. The average Bonchev–Trinajstić information content (AvgIpc) is 2.81. The Morgan fingerprint density at radius 3 is 2.03 bits per heavy atom. The first-order valence-electron chi connectivity index (χ1n) is 10.4. The lowest BCUT2D eigenvalue weighted by Gasteiger charge is -2.28. The molecule has 0 aliphatic rings. The minimum atomic E-state index is -3.75. The molecule has 5 nitrogen and oxygen atoms in total. The maximum Gasteiger partial charge on any atom is 0.243 e. The van der Waals surface area contributed by atoms with E-state index in [0.29, 0.717) is 6.54 Å². The highest BCUT2D eigenvalue weighted by molar-refractivity contribution is 7.89. The molecule has 31 heavy (non-hydrogen) atoms. The second-order valence-electron chi connectivity index (χ2n) is 7.35. The van der Waals surface area contributed by atoms with Crippen LogP contribution < -0.4 is 5.32 Å². The van der Waals surface area contributed by atoms with Crippen LogP contribution in [0.15, 0.2) is 95.9 Å². The third-order valence-corrected chi connectivity index (χ3v) is 7.19. The molecule has 6 heteroatoms. The molecule has 3 aromatic rings. The Labute approximate surface area is 184 Å². The first kappa shape index (κ1) is 22.7. The van der Waals surface area contributed by atoms with Gasteiger partial charge >= 0.3 is 0 Å². The van der Waals surface area contributed by atoms with Gasteiger partial charge in [-0.05, 0) is 36.6 Å². The van der Waals surface area contributed by atoms with Crippen molar-refractivity contribution in [1.82, 2.24) is 9.62 Å². The van der Waals surface area contributed by atoms with E-state index >= 15 is 0 Å². The maximum atomic E-state index is 13.4. The van der Waals surface area contributed by atoms with Crippen LogP contribution in [-0.4, -0.2) is 31.7 Å². The molecule has 3 rings (SSSR count). The lowest BCUT2D eigenvalue weighted by atomic mass is 10.1. The second-order valence-corrected chi connectivity index (χ2v) is 9.24. The Morgan fingerprint density at radius 1 is 0.871 bits per heavy atom. The Morgan fingerprint density at radius 2 is 1.42 bits per heavy atom. The molecule has 0 aromatic heterocycles. The predicted octanol–water partition coefficient (Wildman–Crippen LogP) is 4.19. The van der Waals surface area contributed by atoms with E-state index < -0.39 is 16.1 Å². The molecule has 1 unspecified atom stereocenters. The summed E-state index contributed by atoms with van der Waals surface area (Å²) in [5, 5.41) is 2.90. The lowest BCUT2D eigenvalue weighted by molar-refractivity contribution is -0.121. The minimum Gasteiger partial charge on any atom is -0.356 e. The van der Waals surface area contributed by atoms with Crippen molar-refractivity contribution in [3.8, 4) is 0 Å². The monoisotopic (exact) mass is 436 g/mol. The summed E-state index contributed by atoms with van der Waals surface area (Å²) in [5.41, 5.74) is 2.03. The lowest BCUT2D eigenvalue weighted by Crippen LogP contribution is -2.37. The van der Waals surface area contributed by atoms with Gasteiger partial charge in [0.1, 0.15) is 0 Å². The standard InChI is InChI=1S/C25H28N2O3S/c1-21(23-13-7-3-8-14-23)27(31(29,30)24-15-9-4-10-16-24)20-18-25(28)26-19-17-22-11-5-2-6-12-22/h2-16,21H,17-20H2,1H3,(H,26,28). The van der Waals surface area contributed by atoms with Crippen LogP contribution in [0.4, 0.5) is 0 Å². The third-order valence-electron chi connectivity index (χ3n) is 5.20. The zero-order valence-corrected chi connectivity index (χ0v) is 18.5. The first-order valence-corrected chi connectivity index (χ1v) is 11.8. The molecule has 162 valence electrons. The SMILES string of the molecule is CC(c1ccccc1)N(CCC(=O)NCCc1ccccc1)S(=O)(=O)c1ccccc1. The normalized spacial score (nSPS) is 12.5. The number of sulfonamides is 1. The summed E-state index contributed by atoms with van der Waals surface area (Å²) in [6.07, 6.45) is 0.830. The van der Waals surface area contributed by atoms with Crippen molar-refractivity contribution in [3.05, 3.63) is 102 Å². The van der Waals surface area contributed by atoms with Crippen molar-refractivity contribution >= 4 is 15.9 Å². The number of hydrogen-bond acceptors (Lipinski definition) is 3. The Bertz CT molecular complexity index is 1060. The molecule has 0 saturated carbocycles. The molecular weight excluding hydrogens is 408 g/mol. The molecule has 1 atom stereocenters. The summed E-state index contributed by atoms with van der Waals surface area (Å²) in [5.74, 6) is -0.163. The molecule has 0 aliphatic carbocycles. The summed E-state index contributed by atoms with van der Waals surface area (Å²) in [4.78, 5) is 12.7. The van der Waals surface area contributed by atoms with Gasteiger partial charge in [-0.15, -0.1) is 0 Å². The van der Waals surface area contributed by atoms with Crippen LogP contribution in [-0.2, 0) is 21.2 Å². The Kier molecular flexibility index (Phi) is 7.98. The van der Waals surface area contributed by atoms with Crippen molar-refractivity contribution < 1.29 is 13.2 Å². The van der Waals surface area contributed by atoms with Gasteiger partial charge in [0.25, 0.3) is 0 Å². The molecule has 0 saturated heterocycles. The summed E-state index contributed by atoms with van der Waals surface area (Å²) in [6, 6.07) is 27.3. The van der Waals surface area contributed by atoms with E-state index in [1.54, 1.807) is 30.3 Å². The van der Waals surface area contributed by atoms with E-state index in [0.717, 1.165) is 17.5 Å². The highest BCUT2D eigenvalue weighted by Crippen LogP contribution is 2.27. The molecular formula is C25H28N2O3S. The highest BCUT2D eigenvalue weighted by atomic mass is 32.2. The van der Waals surface area contributed by atoms with Gasteiger partial charge in [-0.3, -0.25) is 4.79 Å². The van der Waals surface area contributed by atoms with Crippen LogP contribution in [0, 0.1) is 0 Å². The molecule has 1 amide bonds. The zero-order chi connectivity index (χ0) is 22.1. The predicted molar refractivity (Wildman–Crippen MR) is 123 cm³/mol. The van der Waals surface area contributed by atoms with Gasteiger partial charge < -0.3 is 5.32 Å². The number of rotatable bonds is 10. The van der Waals surface area contributed by atoms with Gasteiger partial charge in [-0.2, -0.15) is 4.31 Å². The largest absolute Gasteiger partial charge is 0.356 e. The number of nitrogens with one attached hydrogen (secondary N) is 1. The van der Waals surface area contributed by atoms with Crippen LogP contribution in [0.2, 0.25) is 0 Å². The molecule has 0 fully saturated rings. The fraction of sp³-hybridized carbons (Fsp3) is 0.240. The van der Waals surface area contributed by atoms with Crippen LogP contribution in [0.3, 0.4) is 0 Å². The quantitative estimate of drug-likeness (QED) is 0.518. The Balaban J connectivity index is 1.69. The molecule has 3 aromatic carbocycles. The summed E-state index contributed by atoms with van der Waals surface area (Å²) in [6.45, 7) is 2.47. The van der Waals surface area contributed by atoms with E-state index in [2.05, 4.69) is 5.32 Å². The second kappa shape index (κ2) is 10.9. The van der Waals surface area contributed by atoms with E-state index in [-0.39, 0.29) is 23.8 Å². The van der Waals surface area contributed by atoms with Crippen LogP contribution in [0.1, 0.15) is 30.5 Å². The van der Waals surface area contributed by atoms with Crippen LogP contribution >= 0.6 is 0 Å². The average molecular weight is 437 g/mol. The molecule has 0 aliphatic heterocycles. The van der Waals surface area contributed by atoms with E-state index in [4.69, 9.17) is 0 Å². The zero-order valence-electron chi connectivity index (χ0n) is 17.6. The first-order chi connectivity index (χ1) is 15.0. The molecule has 0 spiro atoms. The van der Waals surface area contributed by atoms with Crippen LogP contribution in [0.25, 0.3) is 0 Å². The molecule has 0 radical (unpaired) electrons. The van der Waals surface area contributed by atoms with E-state index in [1.807, 2.05) is 67.6 Å². The highest BCUT2D eigenvalue weighted by Gasteiger charge is 2.30. The molecule has 0 bridgehead atoms. The van der Waals surface area contributed by atoms with Gasteiger partial charge in [0, 0.05) is 25.6 Å². The van der Waals surface area contributed by atoms with Gasteiger partial charge in [0.2, 0.25) is 15.9 Å². The molecule has 1 N–H and O–H groups in total. The minimum absolute atomic E-state index is 0.0953. The number of nitrogens with zero attached hydrogens (tertiary/aromatic N) is 1. The Hall–Kier alpha value is -2.96. The topological polar surface area (TPSA) is 66.5 Å². The number of carbonyl (C=O) groups is 1. The van der Waals surface area contributed by atoms with Crippen LogP contribution in [0.5, 0.6) is 0 Å². The maximum absolute atomic E-state index is 13.4. The number of amides is 1. The van der Waals surface area contributed by atoms with Crippen molar-refractivity contribution in [2.45, 2.75) is 30.7 Å². The van der Waals surface area contributed by atoms with Gasteiger partial charge in [-0.1, -0.05) is 78.9 Å². The van der Waals surface area contributed by atoms with Crippen molar-refractivity contribution in [1.29, 1.82) is 0 Å². The van der Waals surface area contributed by atoms with Crippen molar-refractivity contribution in [3.63, 3.8) is 0 Å². The number of hydrogen-bond donors (Lipinski definition) is 1. The van der Waals surface area contributed by atoms with Crippen molar-refractivity contribution in [2.24, 2.45) is 0 Å². The van der Waals surface area contributed by atoms with Gasteiger partial charge in [0.05, 0.1) is 4.90 Å². The van der Waals surface area contributed by atoms with E-state index in [1.165, 1.54) is 4.31 Å².